The fraction of sp³-hybridized carbons (Fsp3) is 0.385. The average molecular weight is 221 g/mol. The number of nitrogens with one attached hydrogen (secondary N) is 1. The van der Waals surface area contributed by atoms with Gasteiger partial charge in [-0.2, -0.15) is 0 Å². The van der Waals surface area contributed by atoms with Crippen molar-refractivity contribution in [1.82, 2.24) is 0 Å². The summed E-state index contributed by atoms with van der Waals surface area (Å²) in [5, 5.41) is 3.09. The number of aryl methyl sites for hydroxylation is 1. The minimum atomic E-state index is -0.197. The van der Waals surface area contributed by atoms with Crippen LogP contribution in [0, 0.1) is 12.7 Å². The molecular formula is C13H16FNO. The lowest BCUT2D eigenvalue weighted by Crippen LogP contribution is -2.14. The molecule has 0 bridgehead atoms. The Morgan fingerprint density at radius 2 is 2.31 bits per heavy atom. The minimum absolute atomic E-state index is 0.197. The van der Waals surface area contributed by atoms with Gasteiger partial charge in [0.2, 0.25) is 0 Å². The third kappa shape index (κ3) is 2.83. The number of benzene rings is 1. The molecule has 86 valence electrons. The quantitative estimate of drug-likeness (QED) is 0.792. The third-order valence-corrected chi connectivity index (χ3v) is 2.61. The van der Waals surface area contributed by atoms with E-state index in [1.165, 1.54) is 11.6 Å². The molecule has 0 amide bonds. The van der Waals surface area contributed by atoms with E-state index in [4.69, 9.17) is 4.74 Å². The maximum absolute atomic E-state index is 13.5. The van der Waals surface area contributed by atoms with Crippen molar-refractivity contribution < 1.29 is 9.13 Å². The summed E-state index contributed by atoms with van der Waals surface area (Å²) < 4.78 is 18.8. The Morgan fingerprint density at radius 3 is 3.00 bits per heavy atom. The first-order chi connectivity index (χ1) is 7.75. The van der Waals surface area contributed by atoms with E-state index >= 15 is 0 Å². The standard InChI is InChI=1S/C13H16FNO/c1-10-4-5-13(12(14)7-10)15-8-11-3-2-6-16-9-11/h3-5,7,15H,2,6,8-9H2,1H3. The number of halogens is 1. The predicted molar refractivity (Wildman–Crippen MR) is 63.1 cm³/mol. The van der Waals surface area contributed by atoms with Gasteiger partial charge in [0.25, 0.3) is 0 Å². The van der Waals surface area contributed by atoms with Crippen molar-refractivity contribution in [3.05, 3.63) is 41.2 Å². The van der Waals surface area contributed by atoms with Gasteiger partial charge in [-0.25, -0.2) is 4.39 Å². The van der Waals surface area contributed by atoms with E-state index in [2.05, 4.69) is 11.4 Å². The smallest absolute Gasteiger partial charge is 0.146 e. The van der Waals surface area contributed by atoms with Gasteiger partial charge in [0, 0.05) is 6.54 Å². The molecule has 2 nitrogen and oxygen atoms in total. The highest BCUT2D eigenvalue weighted by atomic mass is 19.1. The van der Waals surface area contributed by atoms with Crippen molar-refractivity contribution in [2.75, 3.05) is 25.1 Å². The van der Waals surface area contributed by atoms with E-state index in [9.17, 15) is 4.39 Å². The summed E-state index contributed by atoms with van der Waals surface area (Å²) in [4.78, 5) is 0. The first-order valence-electron chi connectivity index (χ1n) is 5.51. The predicted octanol–water partition coefficient (Wildman–Crippen LogP) is 2.89. The van der Waals surface area contributed by atoms with E-state index < -0.39 is 0 Å². The van der Waals surface area contributed by atoms with Crippen LogP contribution in [0.3, 0.4) is 0 Å². The molecule has 1 N–H and O–H groups in total. The Bertz CT molecular complexity index is 401. The van der Waals surface area contributed by atoms with Gasteiger partial charge in [0.1, 0.15) is 5.82 Å². The molecule has 0 saturated carbocycles. The van der Waals surface area contributed by atoms with Crippen LogP contribution < -0.4 is 5.32 Å². The van der Waals surface area contributed by atoms with Gasteiger partial charge in [-0.3, -0.25) is 0 Å². The largest absolute Gasteiger partial charge is 0.379 e. The fourth-order valence-electron chi connectivity index (χ4n) is 1.70. The summed E-state index contributed by atoms with van der Waals surface area (Å²) in [6.07, 6.45) is 3.11. The molecule has 0 saturated heterocycles. The topological polar surface area (TPSA) is 21.3 Å². The van der Waals surface area contributed by atoms with Gasteiger partial charge in [-0.1, -0.05) is 12.1 Å². The van der Waals surface area contributed by atoms with Gasteiger partial charge in [0.15, 0.2) is 0 Å². The summed E-state index contributed by atoms with van der Waals surface area (Å²) in [5.41, 5.74) is 2.67. The van der Waals surface area contributed by atoms with Crippen LogP contribution in [0.1, 0.15) is 12.0 Å². The maximum Gasteiger partial charge on any atom is 0.146 e. The maximum atomic E-state index is 13.5. The second kappa shape index (κ2) is 5.12. The second-order valence-electron chi connectivity index (χ2n) is 4.04. The lowest BCUT2D eigenvalue weighted by Gasteiger charge is -2.15. The zero-order chi connectivity index (χ0) is 11.4. The molecule has 2 rings (SSSR count). The SMILES string of the molecule is Cc1ccc(NCC2=CCCOC2)c(F)c1. The van der Waals surface area contributed by atoms with Gasteiger partial charge >= 0.3 is 0 Å². The summed E-state index contributed by atoms with van der Waals surface area (Å²) in [6.45, 7) is 3.98. The molecule has 0 spiro atoms. The number of hydrogen-bond donors (Lipinski definition) is 1. The Morgan fingerprint density at radius 1 is 1.44 bits per heavy atom. The normalized spacial score (nSPS) is 15.8. The second-order valence-corrected chi connectivity index (χ2v) is 4.04. The van der Waals surface area contributed by atoms with Gasteiger partial charge in [-0.05, 0) is 36.6 Å². The van der Waals surface area contributed by atoms with Crippen LogP contribution in [0.4, 0.5) is 10.1 Å². The average Bonchev–Trinajstić information content (AvgIpc) is 2.29. The van der Waals surface area contributed by atoms with Crippen LogP contribution in [0.25, 0.3) is 0 Å². The number of ether oxygens (including phenoxy) is 1. The molecule has 0 aliphatic carbocycles. The third-order valence-electron chi connectivity index (χ3n) is 2.61. The molecule has 1 heterocycles. The molecule has 1 aromatic rings. The molecule has 0 unspecified atom stereocenters. The van der Waals surface area contributed by atoms with Crippen LogP contribution in [0.2, 0.25) is 0 Å². The summed E-state index contributed by atoms with van der Waals surface area (Å²) in [5.74, 6) is -0.197. The van der Waals surface area contributed by atoms with Crippen molar-refractivity contribution in [2.24, 2.45) is 0 Å². The van der Waals surface area contributed by atoms with Crippen LogP contribution in [-0.2, 0) is 4.74 Å². The van der Waals surface area contributed by atoms with Crippen molar-refractivity contribution in [3.63, 3.8) is 0 Å². The molecular weight excluding hydrogens is 205 g/mol. The van der Waals surface area contributed by atoms with E-state index in [0.717, 1.165) is 18.6 Å². The number of rotatable bonds is 3. The van der Waals surface area contributed by atoms with Crippen LogP contribution in [0.15, 0.2) is 29.8 Å². The molecule has 3 heteroatoms. The minimum Gasteiger partial charge on any atom is -0.379 e. The van der Waals surface area contributed by atoms with Crippen LogP contribution in [0.5, 0.6) is 0 Å². The van der Waals surface area contributed by atoms with E-state index in [0.29, 0.717) is 18.8 Å². The molecule has 1 aliphatic rings. The van der Waals surface area contributed by atoms with E-state index in [1.807, 2.05) is 13.0 Å². The van der Waals surface area contributed by atoms with E-state index in [1.54, 1.807) is 6.07 Å². The van der Waals surface area contributed by atoms with Crippen LogP contribution in [-0.4, -0.2) is 19.8 Å². The zero-order valence-electron chi connectivity index (χ0n) is 9.42. The van der Waals surface area contributed by atoms with Crippen LogP contribution >= 0.6 is 0 Å². The Labute approximate surface area is 95.1 Å². The highest BCUT2D eigenvalue weighted by Crippen LogP contribution is 2.16. The van der Waals surface area contributed by atoms with Crippen molar-refractivity contribution in [1.29, 1.82) is 0 Å². The lowest BCUT2D eigenvalue weighted by atomic mass is 10.2. The molecule has 0 radical (unpaired) electrons. The molecule has 0 aromatic heterocycles. The van der Waals surface area contributed by atoms with Crippen molar-refractivity contribution in [2.45, 2.75) is 13.3 Å². The number of hydrogen-bond acceptors (Lipinski definition) is 2. The first kappa shape index (κ1) is 11.1. The summed E-state index contributed by atoms with van der Waals surface area (Å²) in [7, 11) is 0. The molecule has 16 heavy (non-hydrogen) atoms. The Hall–Kier alpha value is -1.35. The molecule has 1 aliphatic heterocycles. The Balaban J connectivity index is 1.96. The number of anilines is 1. The summed E-state index contributed by atoms with van der Waals surface area (Å²) >= 11 is 0. The van der Waals surface area contributed by atoms with Gasteiger partial charge in [-0.15, -0.1) is 0 Å². The highest BCUT2D eigenvalue weighted by Gasteiger charge is 2.05. The van der Waals surface area contributed by atoms with E-state index in [-0.39, 0.29) is 5.82 Å². The zero-order valence-corrected chi connectivity index (χ0v) is 9.42. The summed E-state index contributed by atoms with van der Waals surface area (Å²) in [6, 6.07) is 5.21. The fourth-order valence-corrected chi connectivity index (χ4v) is 1.70. The van der Waals surface area contributed by atoms with Crippen molar-refractivity contribution >= 4 is 5.69 Å². The monoisotopic (exact) mass is 221 g/mol. The van der Waals surface area contributed by atoms with Crippen molar-refractivity contribution in [3.8, 4) is 0 Å². The van der Waals surface area contributed by atoms with Gasteiger partial charge < -0.3 is 10.1 Å². The molecule has 0 atom stereocenters. The first-order valence-corrected chi connectivity index (χ1v) is 5.51. The lowest BCUT2D eigenvalue weighted by molar-refractivity contribution is 0.150. The molecule has 0 fully saturated rings. The van der Waals surface area contributed by atoms with Gasteiger partial charge in [0.05, 0.1) is 18.9 Å². The Kier molecular flexibility index (Phi) is 3.57. The highest BCUT2D eigenvalue weighted by molar-refractivity contribution is 5.47. The molecule has 1 aromatic carbocycles.